The van der Waals surface area contributed by atoms with Gasteiger partial charge in [-0.2, -0.15) is 0 Å². The van der Waals surface area contributed by atoms with Crippen LogP contribution in [0.4, 0.5) is 0 Å². The smallest absolute Gasteiger partial charge is 0.331 e. The van der Waals surface area contributed by atoms with Crippen LogP contribution in [-0.4, -0.2) is 20.3 Å². The lowest BCUT2D eigenvalue weighted by atomic mass is 10.0. The van der Waals surface area contributed by atoms with Crippen LogP contribution in [0, 0.1) is 6.92 Å². The second-order valence-corrected chi connectivity index (χ2v) is 9.68. The summed E-state index contributed by atoms with van der Waals surface area (Å²) in [7, 11) is 3.26. The average Bonchev–Trinajstić information content (AvgIpc) is 3.20. The first-order valence-corrected chi connectivity index (χ1v) is 11.5. The number of fused-ring (bicyclic) bond motifs is 3. The van der Waals surface area contributed by atoms with Gasteiger partial charge in [0.25, 0.3) is 5.56 Å². The Morgan fingerprint density at radius 2 is 1.65 bits per heavy atom. The van der Waals surface area contributed by atoms with Gasteiger partial charge in [0, 0.05) is 14.1 Å². The first kappa shape index (κ1) is 22.2. The Morgan fingerprint density at radius 1 is 0.971 bits per heavy atom. The van der Waals surface area contributed by atoms with E-state index in [-0.39, 0.29) is 11.2 Å². The molecule has 0 spiro atoms. The molecule has 1 atom stereocenters. The van der Waals surface area contributed by atoms with Gasteiger partial charge in [-0.15, -0.1) is 0 Å². The molecular formula is C28H29N3O3. The second kappa shape index (κ2) is 7.99. The first-order chi connectivity index (χ1) is 16.2. The van der Waals surface area contributed by atoms with Crippen molar-refractivity contribution in [1.29, 1.82) is 0 Å². The molecular weight excluding hydrogens is 426 g/mol. The number of ether oxygens (including phenoxy) is 1. The Morgan fingerprint density at radius 3 is 2.32 bits per heavy atom. The molecule has 34 heavy (non-hydrogen) atoms. The predicted molar refractivity (Wildman–Crippen MR) is 136 cm³/mol. The summed E-state index contributed by atoms with van der Waals surface area (Å²) in [5, 5.41) is 0.542. The van der Waals surface area contributed by atoms with Crippen LogP contribution >= 0.6 is 0 Å². The zero-order valence-corrected chi connectivity index (χ0v) is 20.2. The molecule has 0 aliphatic carbocycles. The van der Waals surface area contributed by atoms with E-state index in [0.29, 0.717) is 17.5 Å². The van der Waals surface area contributed by atoms with E-state index in [0.717, 1.165) is 28.1 Å². The number of nitrogens with zero attached hydrogens (tertiary/aromatic N) is 3. The molecule has 0 fully saturated rings. The number of benzene rings is 2. The number of rotatable bonds is 3. The summed E-state index contributed by atoms with van der Waals surface area (Å²) < 4.78 is 11.3. The molecule has 1 unspecified atom stereocenters. The van der Waals surface area contributed by atoms with Crippen molar-refractivity contribution in [2.24, 2.45) is 14.1 Å². The Bertz CT molecular complexity index is 1530. The second-order valence-electron chi connectivity index (χ2n) is 9.68. The normalized spacial score (nSPS) is 17.4. The van der Waals surface area contributed by atoms with E-state index in [1.54, 1.807) is 11.6 Å². The van der Waals surface area contributed by atoms with Gasteiger partial charge in [0.15, 0.2) is 0 Å². The lowest BCUT2D eigenvalue weighted by Gasteiger charge is -2.38. The van der Waals surface area contributed by atoms with Gasteiger partial charge in [-0.25, -0.2) is 4.79 Å². The van der Waals surface area contributed by atoms with Crippen LogP contribution in [0.3, 0.4) is 0 Å². The highest BCUT2D eigenvalue weighted by molar-refractivity contribution is 5.96. The maximum Gasteiger partial charge on any atom is 0.331 e. The quantitative estimate of drug-likeness (QED) is 0.456. The lowest BCUT2D eigenvalue weighted by molar-refractivity contribution is -0.00302. The number of aryl methyl sites for hydroxylation is 2. The molecule has 2 aromatic heterocycles. The highest BCUT2D eigenvalue weighted by Crippen LogP contribution is 2.43. The van der Waals surface area contributed by atoms with Crippen LogP contribution in [0.1, 0.15) is 36.8 Å². The number of hydrogen-bond acceptors (Lipinski definition) is 3. The molecule has 0 radical (unpaired) electrons. The van der Waals surface area contributed by atoms with Crippen molar-refractivity contribution in [3.63, 3.8) is 0 Å². The van der Waals surface area contributed by atoms with E-state index >= 15 is 0 Å². The van der Waals surface area contributed by atoms with E-state index in [9.17, 15) is 9.59 Å². The van der Waals surface area contributed by atoms with Crippen molar-refractivity contribution < 1.29 is 4.74 Å². The zero-order chi connectivity index (χ0) is 24.2. The highest BCUT2D eigenvalue weighted by atomic mass is 16.5. The van der Waals surface area contributed by atoms with Crippen LogP contribution in [0.2, 0.25) is 0 Å². The van der Waals surface area contributed by atoms with E-state index in [1.165, 1.54) is 11.6 Å². The fourth-order valence-corrected chi connectivity index (χ4v) is 4.92. The van der Waals surface area contributed by atoms with Crippen LogP contribution in [-0.2, 0) is 24.4 Å². The van der Waals surface area contributed by atoms with E-state index < -0.39 is 11.6 Å². The van der Waals surface area contributed by atoms with Crippen molar-refractivity contribution >= 4 is 17.0 Å². The molecule has 6 nitrogen and oxygen atoms in total. The molecule has 0 saturated heterocycles. The van der Waals surface area contributed by atoms with Gasteiger partial charge in [0.2, 0.25) is 0 Å². The van der Waals surface area contributed by atoms with Crippen LogP contribution in [0.5, 0.6) is 0 Å². The zero-order valence-electron chi connectivity index (χ0n) is 20.2. The van der Waals surface area contributed by atoms with Crippen molar-refractivity contribution in [1.82, 2.24) is 13.7 Å². The molecule has 0 saturated carbocycles. The van der Waals surface area contributed by atoms with Gasteiger partial charge in [0.05, 0.1) is 34.4 Å². The molecule has 1 aliphatic rings. The average molecular weight is 456 g/mol. The van der Waals surface area contributed by atoms with E-state index in [2.05, 4.69) is 18.4 Å². The predicted octanol–water partition coefficient (Wildman–Crippen LogP) is 4.53. The number of hydrogen-bond donors (Lipinski definition) is 0. The van der Waals surface area contributed by atoms with Crippen LogP contribution in [0.15, 0.2) is 70.3 Å². The maximum absolute atomic E-state index is 13.6. The molecule has 3 heterocycles. The van der Waals surface area contributed by atoms with Gasteiger partial charge in [0.1, 0.15) is 6.10 Å². The minimum atomic E-state index is -0.424. The van der Waals surface area contributed by atoms with Crippen molar-refractivity contribution in [2.75, 3.05) is 6.61 Å². The van der Waals surface area contributed by atoms with Gasteiger partial charge < -0.3 is 9.30 Å². The monoisotopic (exact) mass is 455 g/mol. The van der Waals surface area contributed by atoms with Gasteiger partial charge >= 0.3 is 5.69 Å². The van der Waals surface area contributed by atoms with Gasteiger partial charge in [-0.1, -0.05) is 66.2 Å². The Labute approximate surface area is 198 Å². The summed E-state index contributed by atoms with van der Waals surface area (Å²) in [4.78, 5) is 26.5. The van der Waals surface area contributed by atoms with E-state index in [4.69, 9.17) is 4.74 Å². The fourth-order valence-electron chi connectivity index (χ4n) is 4.92. The minimum Gasteiger partial charge on any atom is -0.365 e. The third-order valence-electron chi connectivity index (χ3n) is 6.69. The Hall–Kier alpha value is -3.64. The first-order valence-electron chi connectivity index (χ1n) is 11.5. The molecule has 0 amide bonds. The van der Waals surface area contributed by atoms with Crippen LogP contribution in [0.25, 0.3) is 28.2 Å². The minimum absolute atomic E-state index is 0.294. The molecule has 5 rings (SSSR count). The summed E-state index contributed by atoms with van der Waals surface area (Å²) >= 11 is 0. The number of aromatic nitrogens is 3. The standard InChI is InChI=1S/C28H29N3O3/c1-18-11-14-20(15-12-18)23-22-25(29(4)27(33)30(5)26(22)32)24-21(34-17-28(2,3)31(23)24)16-13-19-9-7-6-8-10-19/h6-16,21H,17H2,1-5H3/b16-13+. The highest BCUT2D eigenvalue weighted by Gasteiger charge is 2.39. The van der Waals surface area contributed by atoms with Gasteiger partial charge in [-0.3, -0.25) is 13.9 Å². The van der Waals surface area contributed by atoms with Crippen LogP contribution < -0.4 is 11.2 Å². The molecule has 0 N–H and O–H groups in total. The molecule has 0 bridgehead atoms. The topological polar surface area (TPSA) is 58.2 Å². The summed E-state index contributed by atoms with van der Waals surface area (Å²) in [5.41, 5.74) is 4.35. The maximum atomic E-state index is 13.6. The largest absolute Gasteiger partial charge is 0.365 e. The SMILES string of the molecule is Cc1ccc(-c2c3c(=O)n(C)c(=O)n(C)c3c3n2C(C)(C)COC3/C=C/c2ccccc2)cc1. The fraction of sp³-hybridized carbons (Fsp3) is 0.286. The Kier molecular flexibility index (Phi) is 5.21. The van der Waals surface area contributed by atoms with Crippen molar-refractivity contribution in [3.05, 3.63) is 98.3 Å². The lowest BCUT2D eigenvalue weighted by Crippen LogP contribution is -2.39. The summed E-state index contributed by atoms with van der Waals surface area (Å²) in [5.74, 6) is 0. The van der Waals surface area contributed by atoms with Crippen molar-refractivity contribution in [2.45, 2.75) is 32.4 Å². The van der Waals surface area contributed by atoms with Crippen molar-refractivity contribution in [3.8, 4) is 11.3 Å². The summed E-state index contributed by atoms with van der Waals surface area (Å²) in [6.07, 6.45) is 3.63. The summed E-state index contributed by atoms with van der Waals surface area (Å²) in [6.45, 7) is 6.72. The molecule has 174 valence electrons. The Balaban J connectivity index is 1.90. The summed E-state index contributed by atoms with van der Waals surface area (Å²) in [6, 6.07) is 18.2. The van der Waals surface area contributed by atoms with E-state index in [1.807, 2.05) is 73.7 Å². The molecule has 6 heteroatoms. The third kappa shape index (κ3) is 3.37. The third-order valence-corrected chi connectivity index (χ3v) is 6.69. The molecule has 4 aromatic rings. The van der Waals surface area contributed by atoms with Gasteiger partial charge in [-0.05, 0) is 38.0 Å². The molecule has 1 aliphatic heterocycles. The molecule has 2 aromatic carbocycles.